The van der Waals surface area contributed by atoms with Gasteiger partial charge in [0.2, 0.25) is 0 Å². The Labute approximate surface area is 165 Å². The number of halogens is 1. The first kappa shape index (κ1) is 18.6. The minimum atomic E-state index is -0.455. The molecule has 3 aromatic rings. The number of hydrogen-bond acceptors (Lipinski definition) is 4. The summed E-state index contributed by atoms with van der Waals surface area (Å²) in [5, 5.41) is 0.833. The van der Waals surface area contributed by atoms with E-state index in [9.17, 15) is 9.59 Å². The molecule has 0 aliphatic heterocycles. The molecule has 0 amide bonds. The number of hydrogen-bond donors (Lipinski definition) is 0. The van der Waals surface area contributed by atoms with E-state index in [0.29, 0.717) is 23.5 Å². The smallest absolute Gasteiger partial charge is 0.340 e. The molecule has 0 aliphatic rings. The van der Waals surface area contributed by atoms with Gasteiger partial charge in [-0.1, -0.05) is 12.1 Å². The van der Waals surface area contributed by atoms with Gasteiger partial charge in [0.1, 0.15) is 23.7 Å². The summed E-state index contributed by atoms with van der Waals surface area (Å²) in [7, 11) is 0. The van der Waals surface area contributed by atoms with Crippen LogP contribution < -0.4 is 10.4 Å². The first-order chi connectivity index (χ1) is 12.4. The zero-order valence-corrected chi connectivity index (χ0v) is 17.0. The Morgan fingerprint density at radius 3 is 2.42 bits per heavy atom. The lowest BCUT2D eigenvalue weighted by Gasteiger charge is -2.13. The van der Waals surface area contributed by atoms with Gasteiger partial charge in [-0.05, 0) is 78.8 Å². The van der Waals surface area contributed by atoms with Gasteiger partial charge < -0.3 is 9.15 Å². The summed E-state index contributed by atoms with van der Waals surface area (Å²) in [5.74, 6) is 0.617. The molecule has 5 heteroatoms. The third-order valence-corrected chi connectivity index (χ3v) is 5.11. The molecule has 0 radical (unpaired) electrons. The van der Waals surface area contributed by atoms with Gasteiger partial charge >= 0.3 is 5.63 Å². The number of Topliss-reactive ketones (excluding diaryl/α,β-unsaturated/α-hetero) is 1. The SMILES string of the molecule is CC(=O)Cc1c(C)c2ccc(OCc3ccc(I)cc3)c(C)c2oc1=O. The topological polar surface area (TPSA) is 56.5 Å². The molecule has 2 aromatic carbocycles. The number of benzene rings is 2. The molecule has 26 heavy (non-hydrogen) atoms. The number of aryl methyl sites for hydroxylation is 2. The van der Waals surface area contributed by atoms with Crippen molar-refractivity contribution in [1.82, 2.24) is 0 Å². The second kappa shape index (κ2) is 7.61. The lowest BCUT2D eigenvalue weighted by molar-refractivity contribution is -0.116. The van der Waals surface area contributed by atoms with E-state index >= 15 is 0 Å². The van der Waals surface area contributed by atoms with Crippen molar-refractivity contribution in [3.05, 3.63) is 72.6 Å². The van der Waals surface area contributed by atoms with Crippen molar-refractivity contribution in [2.24, 2.45) is 0 Å². The van der Waals surface area contributed by atoms with Gasteiger partial charge in [0, 0.05) is 26.5 Å². The lowest BCUT2D eigenvalue weighted by atomic mass is 10.0. The molecule has 1 heterocycles. The highest BCUT2D eigenvalue weighted by Crippen LogP contribution is 2.30. The Hall–Kier alpha value is -2.15. The molecule has 3 rings (SSSR count). The third-order valence-electron chi connectivity index (χ3n) is 4.39. The monoisotopic (exact) mass is 462 g/mol. The quantitative estimate of drug-likeness (QED) is 0.407. The fourth-order valence-corrected chi connectivity index (χ4v) is 3.28. The van der Waals surface area contributed by atoms with E-state index in [1.807, 2.05) is 50.2 Å². The van der Waals surface area contributed by atoms with Crippen molar-refractivity contribution in [2.75, 3.05) is 0 Å². The molecular weight excluding hydrogens is 443 g/mol. The summed E-state index contributed by atoms with van der Waals surface area (Å²) in [6, 6.07) is 11.9. The highest BCUT2D eigenvalue weighted by molar-refractivity contribution is 14.1. The first-order valence-corrected chi connectivity index (χ1v) is 9.37. The van der Waals surface area contributed by atoms with Crippen LogP contribution in [0.3, 0.4) is 0 Å². The molecule has 0 N–H and O–H groups in total. The Balaban J connectivity index is 1.96. The van der Waals surface area contributed by atoms with Crippen LogP contribution in [0.2, 0.25) is 0 Å². The summed E-state index contributed by atoms with van der Waals surface area (Å²) < 4.78 is 12.6. The van der Waals surface area contributed by atoms with Crippen molar-refractivity contribution >= 4 is 39.3 Å². The fraction of sp³-hybridized carbons (Fsp3) is 0.238. The largest absolute Gasteiger partial charge is 0.488 e. The highest BCUT2D eigenvalue weighted by atomic mass is 127. The fourth-order valence-electron chi connectivity index (χ4n) is 2.92. The van der Waals surface area contributed by atoms with Crippen molar-refractivity contribution < 1.29 is 13.9 Å². The van der Waals surface area contributed by atoms with Crippen LogP contribution in [0.4, 0.5) is 0 Å². The molecule has 0 saturated carbocycles. The summed E-state index contributed by atoms with van der Waals surface area (Å²) in [4.78, 5) is 23.7. The van der Waals surface area contributed by atoms with E-state index in [-0.39, 0.29) is 12.2 Å². The van der Waals surface area contributed by atoms with Crippen LogP contribution in [0.1, 0.15) is 29.2 Å². The summed E-state index contributed by atoms with van der Waals surface area (Å²) in [5.41, 5.74) is 3.13. The minimum absolute atomic E-state index is 0.0612. The maximum atomic E-state index is 12.3. The predicted molar refractivity (Wildman–Crippen MR) is 110 cm³/mol. The number of carbonyl (C=O) groups is 1. The van der Waals surface area contributed by atoms with Crippen molar-refractivity contribution in [3.8, 4) is 5.75 Å². The van der Waals surface area contributed by atoms with Crippen LogP contribution in [0.15, 0.2) is 45.6 Å². The zero-order valence-electron chi connectivity index (χ0n) is 14.9. The molecular formula is C21H19IO4. The standard InChI is InChI=1S/C21H19IO4/c1-12(23)10-18-13(2)17-8-9-19(14(3)20(17)26-21(18)24)25-11-15-4-6-16(22)7-5-15/h4-9H,10-11H2,1-3H3. The molecule has 4 nitrogen and oxygen atoms in total. The van der Waals surface area contributed by atoms with Gasteiger partial charge in [-0.2, -0.15) is 0 Å². The molecule has 0 bridgehead atoms. The highest BCUT2D eigenvalue weighted by Gasteiger charge is 2.16. The molecule has 0 fully saturated rings. The summed E-state index contributed by atoms with van der Waals surface area (Å²) >= 11 is 2.26. The maximum Gasteiger partial charge on any atom is 0.340 e. The van der Waals surface area contributed by atoms with Crippen molar-refractivity contribution in [1.29, 1.82) is 0 Å². The predicted octanol–water partition coefficient (Wildman–Crippen LogP) is 4.72. The second-order valence-electron chi connectivity index (χ2n) is 6.35. The van der Waals surface area contributed by atoms with E-state index in [4.69, 9.17) is 9.15 Å². The maximum absolute atomic E-state index is 12.3. The van der Waals surface area contributed by atoms with Gasteiger partial charge in [0.15, 0.2) is 0 Å². The number of fused-ring (bicyclic) bond motifs is 1. The van der Waals surface area contributed by atoms with E-state index in [0.717, 1.165) is 22.1 Å². The second-order valence-corrected chi connectivity index (χ2v) is 7.60. The van der Waals surface area contributed by atoms with Crippen LogP contribution in [-0.4, -0.2) is 5.78 Å². The minimum Gasteiger partial charge on any atom is -0.488 e. The van der Waals surface area contributed by atoms with E-state index in [1.165, 1.54) is 10.5 Å². The van der Waals surface area contributed by atoms with Crippen LogP contribution in [0.5, 0.6) is 5.75 Å². The molecule has 0 atom stereocenters. The Kier molecular flexibility index (Phi) is 5.46. The molecule has 0 spiro atoms. The van der Waals surface area contributed by atoms with Gasteiger partial charge in [0.05, 0.1) is 0 Å². The van der Waals surface area contributed by atoms with Crippen LogP contribution in [0.25, 0.3) is 11.0 Å². The number of rotatable bonds is 5. The average Bonchev–Trinajstić information content (AvgIpc) is 2.60. The van der Waals surface area contributed by atoms with Gasteiger partial charge in [0.25, 0.3) is 0 Å². The third kappa shape index (κ3) is 3.82. The van der Waals surface area contributed by atoms with Crippen LogP contribution in [-0.2, 0) is 17.8 Å². The molecule has 134 valence electrons. The Morgan fingerprint density at radius 2 is 1.77 bits per heavy atom. The lowest BCUT2D eigenvalue weighted by Crippen LogP contribution is -2.14. The van der Waals surface area contributed by atoms with Crippen LogP contribution in [0, 0.1) is 17.4 Å². The summed E-state index contributed by atoms with van der Waals surface area (Å²) in [6.45, 7) is 5.63. The number of ether oxygens (including phenoxy) is 1. The average molecular weight is 462 g/mol. The van der Waals surface area contributed by atoms with Gasteiger partial charge in [-0.15, -0.1) is 0 Å². The summed E-state index contributed by atoms with van der Waals surface area (Å²) in [6.07, 6.45) is 0.0915. The van der Waals surface area contributed by atoms with Crippen LogP contribution >= 0.6 is 22.6 Å². The number of carbonyl (C=O) groups excluding carboxylic acids is 1. The van der Waals surface area contributed by atoms with Crippen molar-refractivity contribution in [2.45, 2.75) is 33.8 Å². The molecule has 0 saturated heterocycles. The van der Waals surface area contributed by atoms with Gasteiger partial charge in [-0.25, -0.2) is 4.79 Å². The molecule has 0 unspecified atom stereocenters. The Morgan fingerprint density at radius 1 is 1.08 bits per heavy atom. The van der Waals surface area contributed by atoms with Crippen molar-refractivity contribution in [3.63, 3.8) is 0 Å². The van der Waals surface area contributed by atoms with Gasteiger partial charge in [-0.3, -0.25) is 4.79 Å². The Bertz CT molecular complexity index is 1030. The van der Waals surface area contributed by atoms with E-state index in [1.54, 1.807) is 0 Å². The normalized spacial score (nSPS) is 10.9. The first-order valence-electron chi connectivity index (χ1n) is 8.29. The molecule has 1 aromatic heterocycles. The van der Waals surface area contributed by atoms with E-state index < -0.39 is 5.63 Å². The number of ketones is 1. The van der Waals surface area contributed by atoms with E-state index in [2.05, 4.69) is 22.6 Å². The molecule has 0 aliphatic carbocycles. The zero-order chi connectivity index (χ0) is 18.8.